The fourth-order valence-electron chi connectivity index (χ4n) is 2.59. The predicted molar refractivity (Wildman–Crippen MR) is 85.4 cm³/mol. The Morgan fingerprint density at radius 2 is 1.90 bits per heavy atom. The van der Waals surface area contributed by atoms with E-state index in [2.05, 4.69) is 4.72 Å². The van der Waals surface area contributed by atoms with Crippen molar-refractivity contribution in [3.05, 3.63) is 29.3 Å². The SMILES string of the molecule is O=S(=O)(NC1CCC(O)CC1)c1cc2cc(Cl)ccc2s1. The molecule has 0 saturated heterocycles. The summed E-state index contributed by atoms with van der Waals surface area (Å²) in [6.07, 6.45) is 2.36. The van der Waals surface area contributed by atoms with Crippen molar-refractivity contribution < 1.29 is 13.5 Å². The highest BCUT2D eigenvalue weighted by atomic mass is 35.5. The molecule has 1 aliphatic rings. The van der Waals surface area contributed by atoms with E-state index in [0.717, 1.165) is 10.1 Å². The first-order chi connectivity index (χ1) is 9.94. The summed E-state index contributed by atoms with van der Waals surface area (Å²) < 4.78 is 28.8. The highest BCUT2D eigenvalue weighted by molar-refractivity contribution is 7.91. The number of hydrogen-bond acceptors (Lipinski definition) is 4. The highest BCUT2D eigenvalue weighted by Gasteiger charge is 2.26. The van der Waals surface area contributed by atoms with Gasteiger partial charge in [0, 0.05) is 15.8 Å². The second kappa shape index (κ2) is 5.85. The van der Waals surface area contributed by atoms with Crippen molar-refractivity contribution in [3.63, 3.8) is 0 Å². The van der Waals surface area contributed by atoms with Crippen molar-refractivity contribution >= 4 is 43.0 Å². The third-order valence-corrected chi connectivity index (χ3v) is 7.08. The van der Waals surface area contributed by atoms with Gasteiger partial charge in [-0.1, -0.05) is 11.6 Å². The fraction of sp³-hybridized carbons (Fsp3) is 0.429. The summed E-state index contributed by atoms with van der Waals surface area (Å²) >= 11 is 7.17. The van der Waals surface area contributed by atoms with Crippen LogP contribution in [0.25, 0.3) is 10.1 Å². The van der Waals surface area contributed by atoms with Gasteiger partial charge in [-0.2, -0.15) is 0 Å². The molecule has 0 atom stereocenters. The van der Waals surface area contributed by atoms with Gasteiger partial charge in [0.2, 0.25) is 10.0 Å². The molecule has 114 valence electrons. The molecule has 0 aliphatic heterocycles. The van der Waals surface area contributed by atoms with Crippen LogP contribution in [-0.2, 0) is 10.0 Å². The van der Waals surface area contributed by atoms with Crippen molar-refractivity contribution in [2.24, 2.45) is 0 Å². The molecule has 1 aromatic heterocycles. The molecule has 0 radical (unpaired) electrons. The molecule has 1 saturated carbocycles. The van der Waals surface area contributed by atoms with Crippen molar-refractivity contribution in [2.45, 2.75) is 42.0 Å². The largest absolute Gasteiger partial charge is 0.393 e. The molecular formula is C14H16ClNO3S2. The molecule has 1 fully saturated rings. The smallest absolute Gasteiger partial charge is 0.250 e. The van der Waals surface area contributed by atoms with E-state index >= 15 is 0 Å². The zero-order chi connectivity index (χ0) is 15.0. The van der Waals surface area contributed by atoms with Gasteiger partial charge < -0.3 is 5.11 Å². The maximum absolute atomic E-state index is 12.4. The number of rotatable bonds is 3. The molecule has 0 bridgehead atoms. The first kappa shape index (κ1) is 15.2. The van der Waals surface area contributed by atoms with Crippen LogP contribution in [0.5, 0.6) is 0 Å². The summed E-state index contributed by atoms with van der Waals surface area (Å²) in [4.78, 5) is 0. The maximum atomic E-state index is 12.4. The molecule has 2 aromatic rings. The minimum absolute atomic E-state index is 0.0906. The number of hydrogen-bond donors (Lipinski definition) is 2. The lowest BCUT2D eigenvalue weighted by molar-refractivity contribution is 0.120. The summed E-state index contributed by atoms with van der Waals surface area (Å²) in [5.74, 6) is 0. The van der Waals surface area contributed by atoms with E-state index in [1.165, 1.54) is 11.3 Å². The molecule has 1 aliphatic carbocycles. The van der Waals surface area contributed by atoms with Crippen LogP contribution in [0.1, 0.15) is 25.7 Å². The average molecular weight is 346 g/mol. The molecular weight excluding hydrogens is 330 g/mol. The zero-order valence-electron chi connectivity index (χ0n) is 11.3. The minimum Gasteiger partial charge on any atom is -0.393 e. The molecule has 4 nitrogen and oxygen atoms in total. The van der Waals surface area contributed by atoms with E-state index in [-0.39, 0.29) is 12.1 Å². The van der Waals surface area contributed by atoms with Crippen LogP contribution < -0.4 is 4.72 Å². The van der Waals surface area contributed by atoms with Gasteiger partial charge in [0.1, 0.15) is 4.21 Å². The van der Waals surface area contributed by atoms with Crippen LogP contribution in [0.2, 0.25) is 5.02 Å². The Kier molecular flexibility index (Phi) is 4.25. The van der Waals surface area contributed by atoms with Crippen molar-refractivity contribution in [2.75, 3.05) is 0 Å². The topological polar surface area (TPSA) is 66.4 Å². The number of aliphatic hydroxyl groups excluding tert-OH is 1. The van der Waals surface area contributed by atoms with Crippen LogP contribution in [0.3, 0.4) is 0 Å². The minimum atomic E-state index is -3.51. The van der Waals surface area contributed by atoms with Crippen molar-refractivity contribution in [3.8, 4) is 0 Å². The second-order valence-electron chi connectivity index (χ2n) is 5.37. The molecule has 3 rings (SSSR count). The number of sulfonamides is 1. The van der Waals surface area contributed by atoms with Gasteiger partial charge in [-0.3, -0.25) is 0 Å². The molecule has 0 spiro atoms. The van der Waals surface area contributed by atoms with Crippen LogP contribution in [-0.4, -0.2) is 25.7 Å². The molecule has 0 amide bonds. The molecule has 1 aromatic carbocycles. The van der Waals surface area contributed by atoms with Crippen molar-refractivity contribution in [1.82, 2.24) is 4.72 Å². The molecule has 2 N–H and O–H groups in total. The van der Waals surface area contributed by atoms with E-state index in [4.69, 9.17) is 11.6 Å². The Balaban J connectivity index is 1.82. The van der Waals surface area contributed by atoms with Gasteiger partial charge in [0.15, 0.2) is 0 Å². The Morgan fingerprint density at radius 3 is 2.62 bits per heavy atom. The number of fused-ring (bicyclic) bond motifs is 1. The van der Waals surface area contributed by atoms with Crippen LogP contribution in [0.15, 0.2) is 28.5 Å². The van der Waals surface area contributed by atoms with Gasteiger partial charge in [0.05, 0.1) is 6.10 Å². The number of benzene rings is 1. The standard InChI is InChI=1S/C14H16ClNO3S2/c15-10-1-6-13-9(7-10)8-14(20-13)21(18,19)16-11-2-4-12(17)5-3-11/h1,6-8,11-12,16-17H,2-5H2. The monoisotopic (exact) mass is 345 g/mol. The Morgan fingerprint density at radius 1 is 1.19 bits per heavy atom. The van der Waals surface area contributed by atoms with Crippen LogP contribution in [0, 0.1) is 0 Å². The zero-order valence-corrected chi connectivity index (χ0v) is 13.6. The Hall–Kier alpha value is -0.660. The summed E-state index contributed by atoms with van der Waals surface area (Å²) in [5.41, 5.74) is 0. The molecule has 21 heavy (non-hydrogen) atoms. The van der Waals surface area contributed by atoms with Crippen LogP contribution >= 0.6 is 22.9 Å². The van der Waals surface area contributed by atoms with E-state index < -0.39 is 10.0 Å². The van der Waals surface area contributed by atoms with E-state index in [1.807, 2.05) is 6.07 Å². The molecule has 0 unspecified atom stereocenters. The number of nitrogens with one attached hydrogen (secondary N) is 1. The quantitative estimate of drug-likeness (QED) is 0.898. The van der Waals surface area contributed by atoms with Crippen molar-refractivity contribution in [1.29, 1.82) is 0 Å². The van der Waals surface area contributed by atoms with Gasteiger partial charge in [0.25, 0.3) is 0 Å². The van der Waals surface area contributed by atoms with E-state index in [9.17, 15) is 13.5 Å². The lowest BCUT2D eigenvalue weighted by Crippen LogP contribution is -2.38. The summed E-state index contributed by atoms with van der Waals surface area (Å²) in [6.45, 7) is 0. The third-order valence-electron chi connectivity index (χ3n) is 3.74. The fourth-order valence-corrected chi connectivity index (χ4v) is 5.47. The Labute approximate surface area is 132 Å². The normalized spacial score (nSPS) is 23.5. The summed E-state index contributed by atoms with van der Waals surface area (Å²) in [5, 5.41) is 10.9. The third kappa shape index (κ3) is 3.40. The van der Waals surface area contributed by atoms with E-state index in [1.54, 1.807) is 18.2 Å². The number of aliphatic hydroxyl groups is 1. The summed E-state index contributed by atoms with van der Waals surface area (Å²) in [7, 11) is -3.51. The summed E-state index contributed by atoms with van der Waals surface area (Å²) in [6, 6.07) is 6.92. The number of thiophene rings is 1. The lowest BCUT2D eigenvalue weighted by atomic mass is 9.94. The van der Waals surface area contributed by atoms with Gasteiger partial charge in [-0.05, 0) is 55.3 Å². The molecule has 7 heteroatoms. The Bertz CT molecular complexity index is 749. The van der Waals surface area contributed by atoms with E-state index in [0.29, 0.717) is 34.9 Å². The first-order valence-electron chi connectivity index (χ1n) is 6.83. The number of halogens is 1. The second-order valence-corrected chi connectivity index (χ2v) is 8.84. The van der Waals surface area contributed by atoms with Gasteiger partial charge in [-0.15, -0.1) is 11.3 Å². The van der Waals surface area contributed by atoms with Crippen LogP contribution in [0.4, 0.5) is 0 Å². The highest BCUT2D eigenvalue weighted by Crippen LogP contribution is 2.31. The molecule has 1 heterocycles. The maximum Gasteiger partial charge on any atom is 0.250 e. The van der Waals surface area contributed by atoms with Gasteiger partial charge >= 0.3 is 0 Å². The van der Waals surface area contributed by atoms with Gasteiger partial charge in [-0.25, -0.2) is 13.1 Å². The average Bonchev–Trinajstić information content (AvgIpc) is 2.85. The lowest BCUT2D eigenvalue weighted by Gasteiger charge is -2.25. The first-order valence-corrected chi connectivity index (χ1v) is 9.51. The predicted octanol–water partition coefficient (Wildman–Crippen LogP) is 3.14.